The van der Waals surface area contributed by atoms with Gasteiger partial charge in [0.1, 0.15) is 15.8 Å². The third kappa shape index (κ3) is 4.94. The molecule has 36 heavy (non-hydrogen) atoms. The van der Waals surface area contributed by atoms with Gasteiger partial charge in [0.2, 0.25) is 0 Å². The zero-order valence-electron chi connectivity index (χ0n) is 20.0. The second-order valence-corrected chi connectivity index (χ2v) is 10.6. The minimum Gasteiger partial charge on any atom is -0.395 e. The van der Waals surface area contributed by atoms with E-state index in [1.807, 2.05) is 37.3 Å². The maximum absolute atomic E-state index is 13.6. The highest BCUT2D eigenvalue weighted by atomic mass is 32.2. The van der Waals surface area contributed by atoms with Gasteiger partial charge in [-0.05, 0) is 30.7 Å². The third-order valence-electron chi connectivity index (χ3n) is 6.45. The molecule has 186 valence electrons. The van der Waals surface area contributed by atoms with E-state index in [1.54, 1.807) is 29.3 Å². The number of aryl methyl sites for hydroxylation is 1. The highest BCUT2D eigenvalue weighted by molar-refractivity contribution is 8.26. The van der Waals surface area contributed by atoms with Crippen molar-refractivity contribution in [2.24, 2.45) is 0 Å². The molecule has 0 atom stereocenters. The van der Waals surface area contributed by atoms with Crippen molar-refractivity contribution in [1.29, 1.82) is 0 Å². The van der Waals surface area contributed by atoms with Crippen LogP contribution in [0.4, 0.5) is 5.82 Å². The minimum atomic E-state index is -0.225. The topological polar surface area (TPSA) is 81.4 Å². The summed E-state index contributed by atoms with van der Waals surface area (Å²) in [5.74, 6) is 0.362. The Hall–Kier alpha value is -3.05. The molecule has 0 bridgehead atoms. The number of carbonyl (C=O) groups is 1. The molecule has 2 fully saturated rings. The van der Waals surface area contributed by atoms with Crippen LogP contribution in [-0.2, 0) is 11.3 Å². The van der Waals surface area contributed by atoms with E-state index in [1.165, 1.54) is 16.2 Å². The number of thioether (sulfide) groups is 1. The van der Waals surface area contributed by atoms with E-state index in [4.69, 9.17) is 17.2 Å². The Labute approximate surface area is 218 Å². The first-order chi connectivity index (χ1) is 17.4. The second kappa shape index (κ2) is 10.5. The van der Waals surface area contributed by atoms with E-state index in [9.17, 15) is 14.7 Å². The first-order valence-corrected chi connectivity index (χ1v) is 13.1. The van der Waals surface area contributed by atoms with Crippen molar-refractivity contribution in [3.8, 4) is 0 Å². The molecule has 3 aromatic rings. The predicted molar refractivity (Wildman–Crippen MR) is 147 cm³/mol. The number of carbonyl (C=O) groups excluding carboxylic acids is 1. The molecule has 0 unspecified atom stereocenters. The van der Waals surface area contributed by atoms with E-state index in [0.717, 1.165) is 24.2 Å². The normalized spacial score (nSPS) is 18.1. The van der Waals surface area contributed by atoms with Crippen molar-refractivity contribution in [3.63, 3.8) is 0 Å². The first kappa shape index (κ1) is 24.6. The second-order valence-electron chi connectivity index (χ2n) is 8.89. The quantitative estimate of drug-likeness (QED) is 0.392. The van der Waals surface area contributed by atoms with Crippen LogP contribution >= 0.6 is 24.0 Å². The Bertz CT molecular complexity index is 1390. The number of anilines is 1. The van der Waals surface area contributed by atoms with Gasteiger partial charge >= 0.3 is 0 Å². The van der Waals surface area contributed by atoms with Gasteiger partial charge in [0.05, 0.1) is 23.6 Å². The Morgan fingerprint density at radius 3 is 2.56 bits per heavy atom. The number of fused-ring (bicyclic) bond motifs is 1. The average molecular weight is 522 g/mol. The van der Waals surface area contributed by atoms with Gasteiger partial charge in [-0.1, -0.05) is 59.9 Å². The molecule has 10 heteroatoms. The lowest BCUT2D eigenvalue weighted by Crippen LogP contribution is -2.48. The van der Waals surface area contributed by atoms with Crippen molar-refractivity contribution in [2.75, 3.05) is 44.2 Å². The molecule has 2 aromatic heterocycles. The number of β-amino-alcohol motifs (C(OH)–C–C–N with tert-alkyl or cyclic N) is 1. The largest absolute Gasteiger partial charge is 0.395 e. The number of amides is 1. The summed E-state index contributed by atoms with van der Waals surface area (Å²) in [6, 6.07) is 13.4. The lowest BCUT2D eigenvalue weighted by atomic mass is 10.1. The molecule has 0 radical (unpaired) electrons. The van der Waals surface area contributed by atoms with Gasteiger partial charge in [0.15, 0.2) is 0 Å². The van der Waals surface area contributed by atoms with Crippen LogP contribution in [0.25, 0.3) is 11.7 Å². The number of aliphatic hydroxyl groups excluding tert-OH is 1. The number of pyridine rings is 1. The van der Waals surface area contributed by atoms with Crippen LogP contribution in [0.5, 0.6) is 0 Å². The molecule has 2 saturated heterocycles. The van der Waals surface area contributed by atoms with Gasteiger partial charge in [-0.2, -0.15) is 0 Å². The van der Waals surface area contributed by atoms with Crippen LogP contribution in [0.15, 0.2) is 58.4 Å². The zero-order valence-corrected chi connectivity index (χ0v) is 21.6. The molecule has 1 aromatic carbocycles. The summed E-state index contributed by atoms with van der Waals surface area (Å²) in [6.45, 7) is 6.00. The first-order valence-electron chi connectivity index (χ1n) is 11.8. The lowest BCUT2D eigenvalue weighted by Gasteiger charge is -2.35. The fourth-order valence-corrected chi connectivity index (χ4v) is 5.66. The predicted octanol–water partition coefficient (Wildman–Crippen LogP) is 2.52. The van der Waals surface area contributed by atoms with Gasteiger partial charge in [0, 0.05) is 38.9 Å². The van der Waals surface area contributed by atoms with Crippen LogP contribution in [0.1, 0.15) is 16.7 Å². The number of aliphatic hydroxyl groups is 1. The summed E-state index contributed by atoms with van der Waals surface area (Å²) in [4.78, 5) is 38.0. The number of aromatic nitrogens is 2. The molecule has 8 nitrogen and oxygen atoms in total. The zero-order chi connectivity index (χ0) is 25.2. The molecule has 2 aliphatic heterocycles. The van der Waals surface area contributed by atoms with Gasteiger partial charge in [0.25, 0.3) is 11.5 Å². The van der Waals surface area contributed by atoms with E-state index in [-0.39, 0.29) is 18.1 Å². The van der Waals surface area contributed by atoms with E-state index in [0.29, 0.717) is 52.4 Å². The molecule has 2 aliphatic rings. The summed E-state index contributed by atoms with van der Waals surface area (Å²) < 4.78 is 1.98. The summed E-state index contributed by atoms with van der Waals surface area (Å²) in [6.07, 6.45) is 3.34. The molecule has 0 spiro atoms. The van der Waals surface area contributed by atoms with Crippen LogP contribution < -0.4 is 10.5 Å². The summed E-state index contributed by atoms with van der Waals surface area (Å²) in [5.41, 5.74) is 2.85. The van der Waals surface area contributed by atoms with Crippen LogP contribution in [-0.4, -0.2) is 73.8 Å². The van der Waals surface area contributed by atoms with Gasteiger partial charge in [-0.3, -0.25) is 23.8 Å². The summed E-state index contributed by atoms with van der Waals surface area (Å²) in [5, 5.41) is 9.26. The third-order valence-corrected chi connectivity index (χ3v) is 7.83. The van der Waals surface area contributed by atoms with Crippen molar-refractivity contribution >= 4 is 51.7 Å². The number of piperazine rings is 1. The fraction of sp³-hybridized carbons (Fsp3) is 0.308. The Morgan fingerprint density at radius 2 is 1.83 bits per heavy atom. The van der Waals surface area contributed by atoms with E-state index < -0.39 is 0 Å². The number of thiocarbonyl (C=S) groups is 1. The van der Waals surface area contributed by atoms with Crippen LogP contribution in [0.2, 0.25) is 0 Å². The fourth-order valence-electron chi connectivity index (χ4n) is 4.43. The number of benzene rings is 1. The maximum Gasteiger partial charge on any atom is 0.267 e. The Morgan fingerprint density at radius 1 is 1.08 bits per heavy atom. The monoisotopic (exact) mass is 521 g/mol. The standard InChI is InChI=1S/C26H27N5O3S2/c1-18-5-7-19(8-6-18)17-31-25(34)21(36-26(31)35)16-20-23(29-12-10-28(11-13-29)14-15-32)27-22-4-2-3-9-30(22)24(20)33/h2-9,16,32H,10-15,17H2,1H3/b21-16-. The van der Waals surface area contributed by atoms with Crippen LogP contribution in [0, 0.1) is 6.92 Å². The van der Waals surface area contributed by atoms with Gasteiger partial charge < -0.3 is 10.0 Å². The molecule has 5 rings (SSSR count). The van der Waals surface area contributed by atoms with Gasteiger partial charge in [-0.25, -0.2) is 4.98 Å². The molecular formula is C26H27N5O3S2. The maximum atomic E-state index is 13.6. The number of hydrogen-bond acceptors (Lipinski definition) is 8. The average Bonchev–Trinajstić information content (AvgIpc) is 3.15. The van der Waals surface area contributed by atoms with Crippen LogP contribution in [0.3, 0.4) is 0 Å². The van der Waals surface area contributed by atoms with Crippen molar-refractivity contribution in [1.82, 2.24) is 19.2 Å². The van der Waals surface area contributed by atoms with Crippen molar-refractivity contribution in [3.05, 3.63) is 80.6 Å². The highest BCUT2D eigenvalue weighted by Gasteiger charge is 2.33. The minimum absolute atomic E-state index is 0.116. The number of nitrogens with zero attached hydrogens (tertiary/aromatic N) is 5. The molecule has 4 heterocycles. The molecular weight excluding hydrogens is 494 g/mol. The SMILES string of the molecule is Cc1ccc(CN2C(=O)/C(=C/c3c(N4CCN(CCO)CC4)nc4ccccn4c3=O)SC2=S)cc1. The summed E-state index contributed by atoms with van der Waals surface area (Å²) >= 11 is 6.75. The number of rotatable bonds is 6. The molecule has 1 amide bonds. The Kier molecular flexibility index (Phi) is 7.20. The molecule has 0 saturated carbocycles. The summed E-state index contributed by atoms with van der Waals surface area (Å²) in [7, 11) is 0. The highest BCUT2D eigenvalue weighted by Crippen LogP contribution is 2.34. The lowest BCUT2D eigenvalue weighted by molar-refractivity contribution is -0.122. The van der Waals surface area contributed by atoms with Crippen molar-refractivity contribution in [2.45, 2.75) is 13.5 Å². The smallest absolute Gasteiger partial charge is 0.267 e. The molecule has 0 aliphatic carbocycles. The number of hydrogen-bond donors (Lipinski definition) is 1. The van der Waals surface area contributed by atoms with Gasteiger partial charge in [-0.15, -0.1) is 0 Å². The van der Waals surface area contributed by atoms with Crippen molar-refractivity contribution < 1.29 is 9.90 Å². The Balaban J connectivity index is 1.50. The van der Waals surface area contributed by atoms with E-state index in [2.05, 4.69) is 9.80 Å². The van der Waals surface area contributed by atoms with E-state index >= 15 is 0 Å². The molecule has 1 N–H and O–H groups in total.